The van der Waals surface area contributed by atoms with Crippen LogP contribution in [0.3, 0.4) is 0 Å². The van der Waals surface area contributed by atoms with Gasteiger partial charge in [-0.15, -0.1) is 5.54 Å². The topological polar surface area (TPSA) is 61.7 Å². The van der Waals surface area contributed by atoms with Crippen molar-refractivity contribution in [2.75, 3.05) is 37.7 Å². The van der Waals surface area contributed by atoms with E-state index in [0.29, 0.717) is 62.8 Å². The summed E-state index contributed by atoms with van der Waals surface area (Å²) < 4.78 is 53.1. The van der Waals surface area contributed by atoms with E-state index in [2.05, 4.69) is 67.8 Å². The summed E-state index contributed by atoms with van der Waals surface area (Å²) >= 11 is 0. The molecule has 1 N–H and O–H groups in total. The van der Waals surface area contributed by atoms with Crippen LogP contribution in [0.15, 0.2) is 36.5 Å². The molecular formula is C40H47F3N4O2Si. The molecule has 4 aromatic rings. The first kappa shape index (κ1) is 34.6. The van der Waals surface area contributed by atoms with Crippen molar-refractivity contribution in [1.29, 1.82) is 0 Å². The molecule has 7 rings (SSSR count). The molecule has 5 heterocycles. The Hall–Kier alpha value is -3.81. The van der Waals surface area contributed by atoms with Crippen LogP contribution in [0.1, 0.15) is 72.8 Å². The van der Waals surface area contributed by atoms with Crippen molar-refractivity contribution in [1.82, 2.24) is 14.9 Å². The van der Waals surface area contributed by atoms with Gasteiger partial charge >= 0.3 is 0 Å². The molecular weight excluding hydrogens is 654 g/mol. The lowest BCUT2D eigenvalue weighted by molar-refractivity contribution is 0.108. The number of rotatable bonds is 8. The molecule has 10 heteroatoms. The van der Waals surface area contributed by atoms with Gasteiger partial charge in [-0.3, -0.25) is 4.90 Å². The van der Waals surface area contributed by atoms with Gasteiger partial charge < -0.3 is 14.7 Å². The minimum absolute atomic E-state index is 0.0111. The molecule has 0 amide bonds. The Kier molecular flexibility index (Phi) is 9.05. The maximum absolute atomic E-state index is 16.6. The monoisotopic (exact) mass is 700 g/mol. The first-order valence-corrected chi connectivity index (χ1v) is 20.3. The van der Waals surface area contributed by atoms with E-state index in [-0.39, 0.29) is 29.2 Å². The molecule has 0 saturated carbocycles. The minimum atomic E-state index is -2.22. The number of hydrogen-bond acceptors (Lipinski definition) is 6. The number of phenolic OH excluding ortho intramolecular Hbond substituents is 1. The Balaban J connectivity index is 1.40. The van der Waals surface area contributed by atoms with E-state index >= 15 is 8.78 Å². The number of halogens is 3. The number of fused-ring (bicyclic) bond motifs is 3. The minimum Gasteiger partial charge on any atom is -0.508 e. The third kappa shape index (κ3) is 5.71. The van der Waals surface area contributed by atoms with Crippen LogP contribution in [0.2, 0.25) is 16.6 Å². The summed E-state index contributed by atoms with van der Waals surface area (Å²) in [4.78, 5) is 13.6. The van der Waals surface area contributed by atoms with Crippen LogP contribution >= 0.6 is 0 Å². The second-order valence-electron chi connectivity index (χ2n) is 15.5. The standard InChI is InChI=1S/C40H47F3N4O2Si/c1-24(2)50(25(3)4,26(5)6)16-11-30-34(42)10-9-27-17-29(48)18-32(36(27)30)35-19-31-33(38(45-35)46-13-8-14-46)21-44-39(37(31)43)49-23-40-12-7-15-47(40)22-28(41)20-40/h9-10,17-19,21,24-26,28,48H,7-8,12-15,20,22-23H2,1-6H3/t28-,40+/m1/s1. The molecule has 50 heavy (non-hydrogen) atoms. The summed E-state index contributed by atoms with van der Waals surface area (Å²) in [6, 6.07) is 7.85. The fourth-order valence-electron chi connectivity index (χ4n) is 9.16. The van der Waals surface area contributed by atoms with Gasteiger partial charge in [-0.25, -0.2) is 23.1 Å². The summed E-state index contributed by atoms with van der Waals surface area (Å²) in [5.41, 5.74) is 5.41. The number of nitrogens with zero attached hydrogens (tertiary/aromatic N) is 4. The fraction of sp³-hybridized carbons (Fsp3) is 0.500. The third-order valence-corrected chi connectivity index (χ3v) is 18.1. The van der Waals surface area contributed by atoms with E-state index in [0.717, 1.165) is 38.9 Å². The van der Waals surface area contributed by atoms with Crippen molar-refractivity contribution >= 4 is 35.4 Å². The van der Waals surface area contributed by atoms with Gasteiger partial charge in [0.15, 0.2) is 5.82 Å². The van der Waals surface area contributed by atoms with Crippen molar-refractivity contribution in [3.8, 4) is 34.4 Å². The Morgan fingerprint density at radius 2 is 1.74 bits per heavy atom. The lowest BCUT2D eigenvalue weighted by Crippen LogP contribution is -2.43. The molecule has 2 atom stereocenters. The molecule has 3 aliphatic rings. The number of aromatic hydroxyl groups is 1. The predicted molar refractivity (Wildman–Crippen MR) is 197 cm³/mol. The van der Waals surface area contributed by atoms with Crippen LogP contribution in [-0.2, 0) is 0 Å². The molecule has 0 spiro atoms. The lowest BCUT2D eigenvalue weighted by Gasteiger charge is -2.38. The molecule has 0 bridgehead atoms. The number of anilines is 1. The molecule has 6 nitrogen and oxygen atoms in total. The highest BCUT2D eigenvalue weighted by Gasteiger charge is 2.49. The fourth-order valence-corrected chi connectivity index (χ4v) is 14.4. The van der Waals surface area contributed by atoms with Crippen LogP contribution in [0, 0.1) is 23.1 Å². The van der Waals surface area contributed by atoms with Crippen LogP contribution in [0.25, 0.3) is 32.8 Å². The van der Waals surface area contributed by atoms with Crippen LogP contribution in [-0.4, -0.2) is 72.5 Å². The zero-order chi connectivity index (χ0) is 35.5. The summed E-state index contributed by atoms with van der Waals surface area (Å²) in [7, 11) is -2.22. The van der Waals surface area contributed by atoms with Gasteiger partial charge in [0.2, 0.25) is 0 Å². The SMILES string of the molecule is CC(C)[Si](C#Cc1c(F)ccc2cc(O)cc(-c3cc4c(F)c(OC[C@@]56CCCN5C[C@H](F)C6)ncc4c(N4CCC4)n3)c12)(C(C)C)C(C)C. The number of benzene rings is 2. The maximum Gasteiger partial charge on any atom is 0.251 e. The number of phenols is 1. The average Bonchev–Trinajstić information content (AvgIpc) is 3.56. The van der Waals surface area contributed by atoms with Crippen molar-refractivity contribution in [2.45, 2.75) is 95.6 Å². The Bertz CT molecular complexity index is 2000. The smallest absolute Gasteiger partial charge is 0.251 e. The van der Waals surface area contributed by atoms with Crippen LogP contribution in [0.4, 0.5) is 19.0 Å². The van der Waals surface area contributed by atoms with Crippen molar-refractivity contribution in [3.05, 3.63) is 53.7 Å². The highest BCUT2D eigenvalue weighted by Crippen LogP contribution is 2.44. The Morgan fingerprint density at radius 3 is 2.42 bits per heavy atom. The van der Waals surface area contributed by atoms with Crippen molar-refractivity contribution < 1.29 is 23.0 Å². The largest absolute Gasteiger partial charge is 0.508 e. The molecule has 3 fully saturated rings. The lowest BCUT2D eigenvalue weighted by atomic mass is 9.95. The van der Waals surface area contributed by atoms with E-state index in [1.807, 2.05) is 0 Å². The quantitative estimate of drug-likeness (QED) is 0.146. The third-order valence-electron chi connectivity index (χ3n) is 11.8. The van der Waals surface area contributed by atoms with Gasteiger partial charge in [0.25, 0.3) is 5.88 Å². The summed E-state index contributed by atoms with van der Waals surface area (Å²) in [6.07, 6.45) is 3.79. The number of ether oxygens (including phenoxy) is 1. The van der Waals surface area contributed by atoms with Gasteiger partial charge in [-0.2, -0.15) is 0 Å². The molecule has 0 unspecified atom stereocenters. The predicted octanol–water partition coefficient (Wildman–Crippen LogP) is 9.17. The number of alkyl halides is 1. The average molecular weight is 701 g/mol. The van der Waals surface area contributed by atoms with E-state index in [1.165, 1.54) is 6.07 Å². The summed E-state index contributed by atoms with van der Waals surface area (Å²) in [6.45, 7) is 16.2. The molecule has 2 aromatic carbocycles. The number of hydrogen-bond donors (Lipinski definition) is 1. The van der Waals surface area contributed by atoms with Gasteiger partial charge in [-0.05, 0) is 72.1 Å². The first-order valence-electron chi connectivity index (χ1n) is 18.1. The highest BCUT2D eigenvalue weighted by atomic mass is 28.3. The van der Waals surface area contributed by atoms with Crippen LogP contribution < -0.4 is 9.64 Å². The first-order chi connectivity index (χ1) is 23.8. The molecule has 0 radical (unpaired) electrons. The second kappa shape index (κ2) is 13.1. The van der Waals surface area contributed by atoms with E-state index in [4.69, 9.17) is 9.72 Å². The Labute approximate surface area is 294 Å². The molecule has 3 saturated heterocycles. The number of aromatic nitrogens is 2. The van der Waals surface area contributed by atoms with Gasteiger partial charge in [0.05, 0.1) is 16.8 Å². The van der Waals surface area contributed by atoms with Crippen molar-refractivity contribution in [2.24, 2.45) is 0 Å². The zero-order valence-corrected chi connectivity index (χ0v) is 30.9. The van der Waals surface area contributed by atoms with E-state index in [1.54, 1.807) is 30.5 Å². The normalized spacial score (nSPS) is 21.0. The van der Waals surface area contributed by atoms with Gasteiger partial charge in [-0.1, -0.05) is 53.5 Å². The van der Waals surface area contributed by atoms with E-state index in [9.17, 15) is 9.50 Å². The highest BCUT2D eigenvalue weighted by molar-refractivity contribution is 6.90. The zero-order valence-electron chi connectivity index (χ0n) is 29.9. The van der Waals surface area contributed by atoms with Crippen LogP contribution in [0.5, 0.6) is 11.6 Å². The Morgan fingerprint density at radius 1 is 1.00 bits per heavy atom. The molecule has 0 aliphatic carbocycles. The molecule has 2 aromatic heterocycles. The van der Waals surface area contributed by atoms with Gasteiger partial charge in [0.1, 0.15) is 38.2 Å². The second-order valence-corrected chi connectivity index (χ2v) is 21.1. The summed E-state index contributed by atoms with van der Waals surface area (Å²) in [5, 5.41) is 12.9. The number of pyridine rings is 2. The van der Waals surface area contributed by atoms with E-state index < -0.39 is 31.4 Å². The summed E-state index contributed by atoms with van der Waals surface area (Å²) in [5.74, 6) is 2.69. The van der Waals surface area contributed by atoms with Crippen molar-refractivity contribution in [3.63, 3.8) is 0 Å². The maximum atomic E-state index is 16.6. The molecule has 264 valence electrons. The van der Waals surface area contributed by atoms with Gasteiger partial charge in [0, 0.05) is 54.0 Å². The molecule has 3 aliphatic heterocycles.